The van der Waals surface area contributed by atoms with E-state index in [0.717, 1.165) is 6.33 Å². The minimum atomic E-state index is -0.968. The Hall–Kier alpha value is -3.23. The van der Waals surface area contributed by atoms with Crippen molar-refractivity contribution in [2.24, 2.45) is 5.16 Å². The Morgan fingerprint density at radius 1 is 1.00 bits per heavy atom. The number of ether oxygens (including phenoxy) is 2. The van der Waals surface area contributed by atoms with Gasteiger partial charge in [0.05, 0.1) is 10.6 Å². The second-order valence-electron chi connectivity index (χ2n) is 5.32. The Balaban J connectivity index is 1.95. The van der Waals surface area contributed by atoms with Crippen LogP contribution in [0.5, 0.6) is 23.3 Å². The van der Waals surface area contributed by atoms with Gasteiger partial charge in [-0.05, 0) is 35.9 Å². The summed E-state index contributed by atoms with van der Waals surface area (Å²) in [6.45, 7) is 0. The van der Waals surface area contributed by atoms with E-state index in [0.29, 0.717) is 0 Å². The summed E-state index contributed by atoms with van der Waals surface area (Å²) < 4.78 is 25.8. The topological polar surface area (TPSA) is 82.9 Å². The van der Waals surface area contributed by atoms with E-state index >= 15 is 0 Å². The number of aromatic nitrogens is 2. The summed E-state index contributed by atoms with van der Waals surface area (Å²) >= 11 is 11.6. The number of oxime groups is 1. The van der Waals surface area contributed by atoms with Gasteiger partial charge in [0.15, 0.2) is 5.71 Å². The number of carbonyl (C=O) groups is 1. The van der Waals surface area contributed by atoms with Crippen molar-refractivity contribution in [3.8, 4) is 23.3 Å². The number of halogens is 3. The third-order valence-corrected chi connectivity index (χ3v) is 3.98. The van der Waals surface area contributed by atoms with Crippen LogP contribution < -0.4 is 9.47 Å². The second-order valence-corrected chi connectivity index (χ2v) is 6.08. The van der Waals surface area contributed by atoms with Crippen molar-refractivity contribution in [2.45, 2.75) is 0 Å². The van der Waals surface area contributed by atoms with Gasteiger partial charge in [-0.1, -0.05) is 41.0 Å². The van der Waals surface area contributed by atoms with Gasteiger partial charge in [0.1, 0.15) is 24.9 Å². The summed E-state index contributed by atoms with van der Waals surface area (Å²) in [7, 11) is 1.26. The van der Waals surface area contributed by atoms with Crippen molar-refractivity contribution < 1.29 is 23.5 Å². The minimum absolute atomic E-state index is 0.0681. The molecule has 0 atom stereocenters. The van der Waals surface area contributed by atoms with Crippen LogP contribution in [0, 0.1) is 5.82 Å². The largest absolute Gasteiger partial charge is 0.436 e. The molecule has 0 amide bonds. The number of para-hydroxylation sites is 2. The van der Waals surface area contributed by atoms with Crippen molar-refractivity contribution >= 4 is 34.2 Å². The third kappa shape index (κ3) is 4.79. The summed E-state index contributed by atoms with van der Waals surface area (Å²) in [4.78, 5) is 23.8. The zero-order valence-electron chi connectivity index (χ0n) is 14.8. The van der Waals surface area contributed by atoms with E-state index in [2.05, 4.69) is 20.0 Å². The van der Waals surface area contributed by atoms with Crippen LogP contribution in [0.3, 0.4) is 0 Å². The maximum Gasteiger partial charge on any atom is 0.275 e. The van der Waals surface area contributed by atoms with Crippen LogP contribution in [0.25, 0.3) is 0 Å². The Morgan fingerprint density at radius 2 is 1.59 bits per heavy atom. The average molecular weight is 436 g/mol. The summed E-state index contributed by atoms with van der Waals surface area (Å²) in [5.41, 5.74) is -0.0345. The van der Waals surface area contributed by atoms with Crippen molar-refractivity contribution in [3.63, 3.8) is 0 Å². The van der Waals surface area contributed by atoms with E-state index in [1.165, 1.54) is 19.2 Å². The number of carbonyl (C=O) groups excluding carboxylic acids is 1. The molecule has 0 unspecified atom stereocenters. The lowest BCUT2D eigenvalue weighted by Gasteiger charge is -2.12. The molecule has 0 saturated carbocycles. The van der Waals surface area contributed by atoms with E-state index < -0.39 is 16.9 Å². The average Bonchev–Trinajstić information content (AvgIpc) is 2.71. The molecule has 0 aliphatic rings. The fourth-order valence-corrected chi connectivity index (χ4v) is 2.56. The van der Waals surface area contributed by atoms with Gasteiger partial charge in [0.25, 0.3) is 17.0 Å². The first-order chi connectivity index (χ1) is 14.0. The molecule has 0 bridgehead atoms. The van der Waals surface area contributed by atoms with E-state index in [1.54, 1.807) is 36.4 Å². The fourth-order valence-electron chi connectivity index (χ4n) is 2.25. The number of hydrogen-bond donors (Lipinski definition) is 0. The van der Waals surface area contributed by atoms with Crippen LogP contribution in [0.15, 0.2) is 60.0 Å². The Morgan fingerprint density at radius 3 is 2.21 bits per heavy atom. The van der Waals surface area contributed by atoms with Crippen LogP contribution in [0.4, 0.5) is 4.39 Å². The molecule has 148 valence electrons. The van der Waals surface area contributed by atoms with Crippen LogP contribution in [-0.4, -0.2) is 28.0 Å². The lowest BCUT2D eigenvalue weighted by Crippen LogP contribution is -2.11. The quantitative estimate of drug-likeness (QED) is 0.296. The summed E-state index contributed by atoms with van der Waals surface area (Å²) in [5, 5.41) is 2.99. The van der Waals surface area contributed by atoms with Crippen LogP contribution in [0.2, 0.25) is 5.02 Å². The van der Waals surface area contributed by atoms with Gasteiger partial charge in [-0.2, -0.15) is 14.4 Å². The molecule has 0 saturated heterocycles. The highest BCUT2D eigenvalue weighted by atomic mass is 35.5. The van der Waals surface area contributed by atoms with E-state index in [1.807, 2.05) is 0 Å². The molecular formula is C19H12Cl2FN3O4. The van der Waals surface area contributed by atoms with Crippen molar-refractivity contribution in [2.75, 3.05) is 7.11 Å². The SMILES string of the molecule is CO/N=C(\C(=O)Cl)c1ccccc1Oc1ncnc(Oc2ccccc2Cl)c1F. The molecule has 1 heterocycles. The number of rotatable bonds is 7. The maximum absolute atomic E-state index is 14.8. The highest BCUT2D eigenvalue weighted by molar-refractivity contribution is 6.84. The molecule has 1 aromatic heterocycles. The van der Waals surface area contributed by atoms with Crippen LogP contribution >= 0.6 is 23.2 Å². The highest BCUT2D eigenvalue weighted by Gasteiger charge is 2.21. The lowest BCUT2D eigenvalue weighted by atomic mass is 10.1. The molecule has 29 heavy (non-hydrogen) atoms. The van der Waals surface area contributed by atoms with Gasteiger partial charge in [-0.15, -0.1) is 0 Å². The van der Waals surface area contributed by atoms with Gasteiger partial charge in [0.2, 0.25) is 5.82 Å². The molecule has 0 aliphatic heterocycles. The summed E-state index contributed by atoms with van der Waals surface area (Å²) in [5.74, 6) is -1.52. The fraction of sp³-hybridized carbons (Fsp3) is 0.0526. The molecule has 7 nitrogen and oxygen atoms in total. The number of hydrogen-bond acceptors (Lipinski definition) is 7. The second kappa shape index (κ2) is 9.31. The van der Waals surface area contributed by atoms with Crippen LogP contribution in [0.1, 0.15) is 5.56 Å². The maximum atomic E-state index is 14.8. The highest BCUT2D eigenvalue weighted by Crippen LogP contribution is 2.33. The monoisotopic (exact) mass is 435 g/mol. The molecule has 3 rings (SSSR count). The molecule has 0 aliphatic carbocycles. The molecule has 0 spiro atoms. The summed E-state index contributed by atoms with van der Waals surface area (Å²) in [6.07, 6.45) is 1.06. The first kappa shape index (κ1) is 20.5. The van der Waals surface area contributed by atoms with Crippen LogP contribution in [-0.2, 0) is 9.63 Å². The van der Waals surface area contributed by atoms with Gasteiger partial charge >= 0.3 is 0 Å². The molecule has 0 N–H and O–H groups in total. The predicted octanol–water partition coefficient (Wildman–Crippen LogP) is 4.97. The Kier molecular flexibility index (Phi) is 6.58. The summed E-state index contributed by atoms with van der Waals surface area (Å²) in [6, 6.07) is 12.7. The van der Waals surface area contributed by atoms with E-state index in [4.69, 9.17) is 32.7 Å². The van der Waals surface area contributed by atoms with Crippen molar-refractivity contribution in [1.82, 2.24) is 9.97 Å². The normalized spacial score (nSPS) is 11.1. The third-order valence-electron chi connectivity index (χ3n) is 3.49. The van der Waals surface area contributed by atoms with Gasteiger partial charge in [-0.25, -0.2) is 0 Å². The Bertz CT molecular complexity index is 1080. The Labute approximate surface area is 174 Å². The van der Waals surface area contributed by atoms with Gasteiger partial charge in [0, 0.05) is 0 Å². The van der Waals surface area contributed by atoms with E-state index in [-0.39, 0.29) is 33.7 Å². The molecule has 0 radical (unpaired) electrons. The van der Waals surface area contributed by atoms with Crippen molar-refractivity contribution in [3.05, 3.63) is 71.3 Å². The zero-order chi connectivity index (χ0) is 20.8. The molecule has 2 aromatic carbocycles. The molecular weight excluding hydrogens is 424 g/mol. The smallest absolute Gasteiger partial charge is 0.275 e. The standard InChI is InChI=1S/C19H12Cl2FN3O4/c1-27-25-16(17(21)26)11-6-2-4-8-13(11)28-18-15(22)19(24-10-23-18)29-14-9-5-3-7-12(14)20/h2-10H,1H3/b25-16-. The predicted molar refractivity (Wildman–Crippen MR) is 104 cm³/mol. The zero-order valence-corrected chi connectivity index (χ0v) is 16.3. The van der Waals surface area contributed by atoms with Gasteiger partial charge in [-0.3, -0.25) is 4.79 Å². The minimum Gasteiger partial charge on any atom is -0.436 e. The molecule has 3 aromatic rings. The number of benzene rings is 2. The number of nitrogens with zero attached hydrogens (tertiary/aromatic N) is 3. The molecule has 10 heteroatoms. The van der Waals surface area contributed by atoms with E-state index in [9.17, 15) is 9.18 Å². The molecule has 0 fully saturated rings. The first-order valence-corrected chi connectivity index (χ1v) is 8.78. The first-order valence-electron chi connectivity index (χ1n) is 8.02. The van der Waals surface area contributed by atoms with Crippen molar-refractivity contribution in [1.29, 1.82) is 0 Å². The van der Waals surface area contributed by atoms with Gasteiger partial charge < -0.3 is 14.3 Å². The lowest BCUT2D eigenvalue weighted by molar-refractivity contribution is -0.106.